The van der Waals surface area contributed by atoms with E-state index >= 15 is 0 Å². The van der Waals surface area contributed by atoms with Gasteiger partial charge in [0, 0.05) is 37.4 Å². The number of likely N-dealkylation sites (tertiary alicyclic amines) is 2. The van der Waals surface area contributed by atoms with Gasteiger partial charge in [0.05, 0.1) is 6.54 Å². The van der Waals surface area contributed by atoms with Crippen LogP contribution in [0.3, 0.4) is 0 Å². The summed E-state index contributed by atoms with van der Waals surface area (Å²) in [4.78, 5) is 32.9. The van der Waals surface area contributed by atoms with Crippen molar-refractivity contribution in [2.75, 3.05) is 19.6 Å². The van der Waals surface area contributed by atoms with Gasteiger partial charge in [-0.2, -0.15) is 0 Å². The van der Waals surface area contributed by atoms with Crippen LogP contribution in [0.25, 0.3) is 0 Å². The maximum absolute atomic E-state index is 12.8. The van der Waals surface area contributed by atoms with Gasteiger partial charge in [-0.05, 0) is 63.1 Å². The fourth-order valence-corrected chi connectivity index (χ4v) is 4.02. The van der Waals surface area contributed by atoms with E-state index in [1.165, 1.54) is 5.56 Å². The largest absolute Gasteiger partial charge is 0.338 e. The van der Waals surface area contributed by atoms with Crippen LogP contribution in [-0.4, -0.2) is 52.3 Å². The van der Waals surface area contributed by atoms with Crippen LogP contribution in [0.5, 0.6) is 0 Å². The number of rotatable bonds is 5. The Bertz CT molecular complexity index is 617. The molecule has 0 radical (unpaired) electrons. The molecule has 1 atom stereocenters. The number of aryl methyl sites for hydroxylation is 2. The summed E-state index contributed by atoms with van der Waals surface area (Å²) < 4.78 is 0. The smallest absolute Gasteiger partial charge is 0.242 e. The number of hydrogen-bond acceptors (Lipinski definition) is 3. The van der Waals surface area contributed by atoms with Crippen molar-refractivity contribution in [2.24, 2.45) is 0 Å². The Hall–Kier alpha value is -1.91. The molecule has 1 aromatic heterocycles. The van der Waals surface area contributed by atoms with Gasteiger partial charge < -0.3 is 9.80 Å². The molecule has 0 bridgehead atoms. The van der Waals surface area contributed by atoms with E-state index in [4.69, 9.17) is 0 Å². The SMILES string of the molecule is Cc1cc(CC[C@H]2CCCN2C(=O)CN2CCCCCC2=O)ccn1. The Balaban J connectivity index is 1.55. The highest BCUT2D eigenvalue weighted by atomic mass is 16.2. The van der Waals surface area contributed by atoms with Gasteiger partial charge in [0.2, 0.25) is 11.8 Å². The molecule has 5 nitrogen and oxygen atoms in total. The van der Waals surface area contributed by atoms with Crippen LogP contribution >= 0.6 is 0 Å². The number of carbonyl (C=O) groups excluding carboxylic acids is 2. The Morgan fingerprint density at radius 2 is 2.12 bits per heavy atom. The first-order chi connectivity index (χ1) is 12.1. The monoisotopic (exact) mass is 343 g/mol. The first-order valence-corrected chi connectivity index (χ1v) is 9.62. The van der Waals surface area contributed by atoms with Gasteiger partial charge in [-0.15, -0.1) is 0 Å². The van der Waals surface area contributed by atoms with Crippen LogP contribution in [0.15, 0.2) is 18.3 Å². The number of nitrogens with zero attached hydrogens (tertiary/aromatic N) is 3. The summed E-state index contributed by atoms with van der Waals surface area (Å²) in [5.74, 6) is 0.275. The van der Waals surface area contributed by atoms with Crippen LogP contribution in [0.4, 0.5) is 0 Å². The molecule has 2 fully saturated rings. The molecule has 0 N–H and O–H groups in total. The van der Waals surface area contributed by atoms with Crippen LogP contribution < -0.4 is 0 Å². The van der Waals surface area contributed by atoms with Gasteiger partial charge in [0.25, 0.3) is 0 Å². The third kappa shape index (κ3) is 4.80. The Kier molecular flexibility index (Phi) is 6.05. The summed E-state index contributed by atoms with van der Waals surface area (Å²) in [6, 6.07) is 4.49. The molecule has 0 unspecified atom stereocenters. The van der Waals surface area contributed by atoms with Crippen molar-refractivity contribution in [3.8, 4) is 0 Å². The van der Waals surface area contributed by atoms with E-state index in [-0.39, 0.29) is 18.4 Å². The van der Waals surface area contributed by atoms with Gasteiger partial charge >= 0.3 is 0 Å². The van der Waals surface area contributed by atoms with E-state index < -0.39 is 0 Å². The Labute approximate surface area is 150 Å². The van der Waals surface area contributed by atoms with Gasteiger partial charge in [-0.3, -0.25) is 14.6 Å². The summed E-state index contributed by atoms with van der Waals surface area (Å²) in [6.07, 6.45) is 9.62. The molecule has 25 heavy (non-hydrogen) atoms. The second-order valence-corrected chi connectivity index (χ2v) is 7.35. The van der Waals surface area contributed by atoms with E-state index in [2.05, 4.69) is 17.1 Å². The van der Waals surface area contributed by atoms with Crippen molar-refractivity contribution in [3.05, 3.63) is 29.6 Å². The average molecular weight is 343 g/mol. The molecule has 0 aromatic carbocycles. The van der Waals surface area contributed by atoms with Crippen LogP contribution in [0.1, 0.15) is 56.2 Å². The van der Waals surface area contributed by atoms with E-state index in [0.29, 0.717) is 12.5 Å². The highest BCUT2D eigenvalue weighted by molar-refractivity contribution is 5.85. The van der Waals surface area contributed by atoms with Crippen molar-refractivity contribution in [2.45, 2.75) is 64.3 Å². The highest BCUT2D eigenvalue weighted by Crippen LogP contribution is 2.23. The predicted molar refractivity (Wildman–Crippen MR) is 97.1 cm³/mol. The van der Waals surface area contributed by atoms with Crippen molar-refractivity contribution >= 4 is 11.8 Å². The molecular formula is C20H29N3O2. The molecule has 2 saturated heterocycles. The molecule has 2 amide bonds. The normalized spacial score (nSPS) is 21.5. The quantitative estimate of drug-likeness (QED) is 0.826. The Morgan fingerprint density at radius 3 is 2.96 bits per heavy atom. The maximum atomic E-state index is 12.8. The zero-order valence-corrected chi connectivity index (χ0v) is 15.2. The van der Waals surface area contributed by atoms with Crippen molar-refractivity contribution in [1.82, 2.24) is 14.8 Å². The van der Waals surface area contributed by atoms with Crippen LogP contribution in [0.2, 0.25) is 0 Å². The lowest BCUT2D eigenvalue weighted by atomic mass is 10.0. The van der Waals surface area contributed by atoms with E-state index in [9.17, 15) is 9.59 Å². The molecule has 5 heteroatoms. The lowest BCUT2D eigenvalue weighted by molar-refractivity contribution is -0.140. The van der Waals surface area contributed by atoms with Gasteiger partial charge in [-0.25, -0.2) is 0 Å². The lowest BCUT2D eigenvalue weighted by Gasteiger charge is -2.28. The minimum atomic E-state index is 0.128. The first kappa shape index (κ1) is 17.9. The van der Waals surface area contributed by atoms with Crippen LogP contribution in [0, 0.1) is 6.92 Å². The number of amides is 2. The molecule has 3 heterocycles. The summed E-state index contributed by atoms with van der Waals surface area (Å²) in [5, 5.41) is 0. The second kappa shape index (κ2) is 8.45. The molecule has 0 aliphatic carbocycles. The summed E-state index contributed by atoms with van der Waals surface area (Å²) in [5.41, 5.74) is 2.33. The number of carbonyl (C=O) groups is 2. The third-order valence-electron chi connectivity index (χ3n) is 5.42. The molecule has 1 aromatic rings. The Morgan fingerprint density at radius 1 is 1.24 bits per heavy atom. The molecule has 3 rings (SSSR count). The summed E-state index contributed by atoms with van der Waals surface area (Å²) in [6.45, 7) is 3.84. The number of pyridine rings is 1. The zero-order chi connectivity index (χ0) is 17.6. The van der Waals surface area contributed by atoms with E-state index in [0.717, 1.165) is 63.7 Å². The molecule has 2 aliphatic rings. The zero-order valence-electron chi connectivity index (χ0n) is 15.2. The molecular weight excluding hydrogens is 314 g/mol. The third-order valence-corrected chi connectivity index (χ3v) is 5.42. The van der Waals surface area contributed by atoms with Gasteiger partial charge in [0.1, 0.15) is 0 Å². The molecule has 136 valence electrons. The van der Waals surface area contributed by atoms with E-state index in [1.807, 2.05) is 18.0 Å². The van der Waals surface area contributed by atoms with Crippen molar-refractivity contribution < 1.29 is 9.59 Å². The molecule has 0 saturated carbocycles. The minimum Gasteiger partial charge on any atom is -0.338 e. The number of aromatic nitrogens is 1. The first-order valence-electron chi connectivity index (χ1n) is 9.62. The fraction of sp³-hybridized carbons (Fsp3) is 0.650. The summed E-state index contributed by atoms with van der Waals surface area (Å²) >= 11 is 0. The standard InChI is InChI=1S/C20H29N3O2/c1-16-14-17(10-11-21-16)8-9-18-6-5-13-23(18)20(25)15-22-12-4-2-3-7-19(22)24/h10-11,14,18H,2-9,12-13,15H2,1H3/t18-/m1/s1. The van der Waals surface area contributed by atoms with Gasteiger partial charge in [0.15, 0.2) is 0 Å². The van der Waals surface area contributed by atoms with Gasteiger partial charge in [-0.1, -0.05) is 6.42 Å². The maximum Gasteiger partial charge on any atom is 0.242 e. The minimum absolute atomic E-state index is 0.128. The number of hydrogen-bond donors (Lipinski definition) is 0. The predicted octanol–water partition coefficient (Wildman–Crippen LogP) is 2.72. The summed E-state index contributed by atoms with van der Waals surface area (Å²) in [7, 11) is 0. The molecule has 2 aliphatic heterocycles. The second-order valence-electron chi connectivity index (χ2n) is 7.35. The van der Waals surface area contributed by atoms with E-state index in [1.54, 1.807) is 4.90 Å². The highest BCUT2D eigenvalue weighted by Gasteiger charge is 2.30. The van der Waals surface area contributed by atoms with Crippen molar-refractivity contribution in [1.29, 1.82) is 0 Å². The lowest BCUT2D eigenvalue weighted by Crippen LogP contribution is -2.44. The topological polar surface area (TPSA) is 53.5 Å². The van der Waals surface area contributed by atoms with Crippen molar-refractivity contribution in [3.63, 3.8) is 0 Å². The molecule has 0 spiro atoms. The fourth-order valence-electron chi connectivity index (χ4n) is 4.02. The average Bonchev–Trinajstić information content (AvgIpc) is 2.98. The van der Waals surface area contributed by atoms with Crippen LogP contribution in [-0.2, 0) is 16.0 Å².